The molecule has 7 nitrogen and oxygen atoms in total. The van der Waals surface area contributed by atoms with Crippen LogP contribution in [-0.2, 0) is 13.0 Å². The molecule has 1 aliphatic heterocycles. The maximum Gasteiger partial charge on any atom is 0.314 e. The smallest absolute Gasteiger partial charge is 0.314 e. The lowest BCUT2D eigenvalue weighted by Gasteiger charge is -2.38. The molecule has 0 spiro atoms. The Morgan fingerprint density at radius 2 is 1.83 bits per heavy atom. The Morgan fingerprint density at radius 3 is 2.53 bits per heavy atom. The third kappa shape index (κ3) is 4.97. The topological polar surface area (TPSA) is 72.1 Å². The van der Waals surface area contributed by atoms with Crippen molar-refractivity contribution >= 4 is 6.03 Å². The summed E-state index contributed by atoms with van der Waals surface area (Å²) in [6.07, 6.45) is 0.900. The van der Waals surface area contributed by atoms with Crippen LogP contribution in [0.3, 0.4) is 0 Å². The monoisotopic (exact) mass is 413 g/mol. The van der Waals surface area contributed by atoms with E-state index in [-0.39, 0.29) is 12.1 Å². The van der Waals surface area contributed by atoms with Crippen LogP contribution >= 0.6 is 0 Å². The normalized spacial score (nSPS) is 15.8. The SMILES string of the molecule is CCNC(=O)NCC1c2cc(OC)c(OC)cc2CCN1Cc1cccc(OC)c1. The molecule has 1 aliphatic rings. The van der Waals surface area contributed by atoms with Gasteiger partial charge in [0.15, 0.2) is 11.5 Å². The molecule has 0 saturated carbocycles. The van der Waals surface area contributed by atoms with Crippen LogP contribution in [0, 0.1) is 0 Å². The van der Waals surface area contributed by atoms with Crippen LogP contribution in [0.2, 0.25) is 0 Å². The lowest BCUT2D eigenvalue weighted by molar-refractivity contribution is 0.170. The van der Waals surface area contributed by atoms with Crippen molar-refractivity contribution < 1.29 is 19.0 Å². The molecular formula is C23H31N3O4. The van der Waals surface area contributed by atoms with Gasteiger partial charge in [0.25, 0.3) is 0 Å². The van der Waals surface area contributed by atoms with Gasteiger partial charge in [0, 0.05) is 26.2 Å². The first-order valence-electron chi connectivity index (χ1n) is 10.2. The molecule has 0 fully saturated rings. The van der Waals surface area contributed by atoms with E-state index < -0.39 is 0 Å². The van der Waals surface area contributed by atoms with Gasteiger partial charge in [-0.2, -0.15) is 0 Å². The first-order chi connectivity index (χ1) is 14.6. The van der Waals surface area contributed by atoms with Gasteiger partial charge in [-0.1, -0.05) is 12.1 Å². The van der Waals surface area contributed by atoms with E-state index in [1.807, 2.05) is 25.1 Å². The molecular weight excluding hydrogens is 382 g/mol. The minimum atomic E-state index is -0.161. The first-order valence-corrected chi connectivity index (χ1v) is 10.2. The number of fused-ring (bicyclic) bond motifs is 1. The van der Waals surface area contributed by atoms with Gasteiger partial charge in [-0.25, -0.2) is 4.79 Å². The Labute approximate surface area is 178 Å². The van der Waals surface area contributed by atoms with Crippen LogP contribution in [0.25, 0.3) is 0 Å². The average molecular weight is 414 g/mol. The second-order valence-electron chi connectivity index (χ2n) is 7.23. The number of methoxy groups -OCH3 is 3. The summed E-state index contributed by atoms with van der Waals surface area (Å²) in [6, 6.07) is 12.0. The molecule has 3 rings (SSSR count). The summed E-state index contributed by atoms with van der Waals surface area (Å²) in [5.74, 6) is 2.27. The molecule has 0 aromatic heterocycles. The van der Waals surface area contributed by atoms with E-state index >= 15 is 0 Å². The molecule has 7 heteroatoms. The Kier molecular flexibility index (Phi) is 7.41. The van der Waals surface area contributed by atoms with Crippen molar-refractivity contribution in [2.45, 2.75) is 25.9 Å². The quantitative estimate of drug-likeness (QED) is 0.696. The highest BCUT2D eigenvalue weighted by Crippen LogP contribution is 2.38. The number of carbonyl (C=O) groups excluding carboxylic acids is 1. The molecule has 0 radical (unpaired) electrons. The van der Waals surface area contributed by atoms with Crippen molar-refractivity contribution in [3.05, 3.63) is 53.1 Å². The largest absolute Gasteiger partial charge is 0.497 e. The number of ether oxygens (including phenoxy) is 3. The summed E-state index contributed by atoms with van der Waals surface area (Å²) in [5.41, 5.74) is 3.54. The summed E-state index contributed by atoms with van der Waals surface area (Å²) >= 11 is 0. The predicted octanol–water partition coefficient (Wildman–Crippen LogP) is 3.13. The van der Waals surface area contributed by atoms with Gasteiger partial charge >= 0.3 is 6.03 Å². The zero-order valence-corrected chi connectivity index (χ0v) is 18.2. The highest BCUT2D eigenvalue weighted by atomic mass is 16.5. The molecule has 0 bridgehead atoms. The molecule has 2 N–H and O–H groups in total. The Hall–Kier alpha value is -2.93. The summed E-state index contributed by atoms with van der Waals surface area (Å²) < 4.78 is 16.4. The minimum Gasteiger partial charge on any atom is -0.497 e. The van der Waals surface area contributed by atoms with Crippen molar-refractivity contribution in [1.29, 1.82) is 0 Å². The van der Waals surface area contributed by atoms with Crippen molar-refractivity contribution in [3.8, 4) is 17.2 Å². The molecule has 1 atom stereocenters. The lowest BCUT2D eigenvalue weighted by Crippen LogP contribution is -2.44. The predicted molar refractivity (Wildman–Crippen MR) is 116 cm³/mol. The molecule has 2 aromatic rings. The van der Waals surface area contributed by atoms with E-state index in [0.29, 0.717) is 18.8 Å². The van der Waals surface area contributed by atoms with Crippen LogP contribution in [0.1, 0.15) is 29.7 Å². The minimum absolute atomic E-state index is 0.0161. The van der Waals surface area contributed by atoms with Gasteiger partial charge < -0.3 is 24.8 Å². The van der Waals surface area contributed by atoms with Gasteiger partial charge in [-0.05, 0) is 54.3 Å². The standard InChI is InChI=1S/C23H31N3O4/c1-5-24-23(27)25-14-20-19-13-22(30-4)21(29-3)12-17(19)9-10-26(20)15-16-7-6-8-18(11-16)28-2/h6-8,11-13,20H,5,9-10,14-15H2,1-4H3,(H2,24,25,27). The fraction of sp³-hybridized carbons (Fsp3) is 0.435. The Balaban J connectivity index is 1.90. The highest BCUT2D eigenvalue weighted by Gasteiger charge is 2.29. The van der Waals surface area contributed by atoms with Gasteiger partial charge in [0.05, 0.1) is 27.4 Å². The number of nitrogens with zero attached hydrogens (tertiary/aromatic N) is 1. The maximum atomic E-state index is 12.1. The van der Waals surface area contributed by atoms with Crippen LogP contribution in [-0.4, -0.2) is 51.9 Å². The lowest BCUT2D eigenvalue weighted by atomic mass is 9.91. The van der Waals surface area contributed by atoms with Crippen LogP contribution in [0.15, 0.2) is 36.4 Å². The maximum absolute atomic E-state index is 12.1. The van der Waals surface area contributed by atoms with Crippen LogP contribution in [0.5, 0.6) is 17.2 Å². The van der Waals surface area contributed by atoms with E-state index in [2.05, 4.69) is 33.7 Å². The third-order valence-corrected chi connectivity index (χ3v) is 5.43. The zero-order valence-electron chi connectivity index (χ0n) is 18.2. The van der Waals surface area contributed by atoms with E-state index in [1.165, 1.54) is 11.1 Å². The van der Waals surface area contributed by atoms with Crippen molar-refractivity contribution in [1.82, 2.24) is 15.5 Å². The van der Waals surface area contributed by atoms with Crippen molar-refractivity contribution in [3.63, 3.8) is 0 Å². The van der Waals surface area contributed by atoms with E-state index in [1.54, 1.807) is 21.3 Å². The molecule has 0 saturated heterocycles. The number of nitrogens with one attached hydrogen (secondary N) is 2. The number of benzene rings is 2. The second-order valence-corrected chi connectivity index (χ2v) is 7.23. The zero-order chi connectivity index (χ0) is 21.5. The van der Waals surface area contributed by atoms with Gasteiger partial charge in [-0.3, -0.25) is 4.90 Å². The van der Waals surface area contributed by atoms with Gasteiger partial charge in [0.1, 0.15) is 5.75 Å². The first kappa shape index (κ1) is 21.8. The number of amides is 2. The number of rotatable bonds is 8. The number of hydrogen-bond acceptors (Lipinski definition) is 5. The highest BCUT2D eigenvalue weighted by molar-refractivity contribution is 5.73. The molecule has 0 aliphatic carbocycles. The molecule has 2 amide bonds. The molecule has 162 valence electrons. The van der Waals surface area contributed by atoms with Gasteiger partial charge in [-0.15, -0.1) is 0 Å². The summed E-state index contributed by atoms with van der Waals surface area (Å²) in [7, 11) is 4.97. The van der Waals surface area contributed by atoms with E-state index in [0.717, 1.165) is 36.6 Å². The Morgan fingerprint density at radius 1 is 1.07 bits per heavy atom. The van der Waals surface area contributed by atoms with Crippen molar-refractivity contribution in [2.24, 2.45) is 0 Å². The summed E-state index contributed by atoms with van der Waals surface area (Å²) in [4.78, 5) is 14.5. The fourth-order valence-electron chi connectivity index (χ4n) is 3.93. The summed E-state index contributed by atoms with van der Waals surface area (Å²) in [5, 5.41) is 5.81. The van der Waals surface area contributed by atoms with Crippen LogP contribution in [0.4, 0.5) is 4.79 Å². The molecule has 2 aromatic carbocycles. The number of carbonyl (C=O) groups is 1. The van der Waals surface area contributed by atoms with E-state index in [9.17, 15) is 4.79 Å². The molecule has 30 heavy (non-hydrogen) atoms. The summed E-state index contributed by atoms with van der Waals surface area (Å²) in [6.45, 7) is 4.62. The number of urea groups is 1. The van der Waals surface area contributed by atoms with Crippen molar-refractivity contribution in [2.75, 3.05) is 41.0 Å². The third-order valence-electron chi connectivity index (χ3n) is 5.43. The molecule has 1 heterocycles. The fourth-order valence-corrected chi connectivity index (χ4v) is 3.93. The number of hydrogen-bond donors (Lipinski definition) is 2. The van der Waals surface area contributed by atoms with Crippen LogP contribution < -0.4 is 24.8 Å². The van der Waals surface area contributed by atoms with E-state index in [4.69, 9.17) is 14.2 Å². The Bertz CT molecular complexity index is 872. The average Bonchev–Trinajstić information content (AvgIpc) is 2.77. The molecule has 1 unspecified atom stereocenters. The van der Waals surface area contributed by atoms with Gasteiger partial charge in [0.2, 0.25) is 0 Å². The second kappa shape index (κ2) is 10.2.